The van der Waals surface area contributed by atoms with Crippen LogP contribution in [0.5, 0.6) is 0 Å². The Labute approximate surface area is 127 Å². The second kappa shape index (κ2) is 8.15. The molecule has 1 fully saturated rings. The Kier molecular flexibility index (Phi) is 6.21. The Balaban J connectivity index is 1.66. The van der Waals surface area contributed by atoms with Crippen LogP contribution in [-0.4, -0.2) is 43.0 Å². The first-order valence-corrected chi connectivity index (χ1v) is 7.94. The van der Waals surface area contributed by atoms with E-state index in [1.165, 1.54) is 25.7 Å². The number of nitrogens with one attached hydrogen (secondary N) is 1. The van der Waals surface area contributed by atoms with Crippen LogP contribution in [0.1, 0.15) is 31.2 Å². The van der Waals surface area contributed by atoms with Crippen LogP contribution < -0.4 is 11.1 Å². The van der Waals surface area contributed by atoms with Gasteiger partial charge in [-0.05, 0) is 31.9 Å². The quantitative estimate of drug-likeness (QED) is 0.800. The highest BCUT2D eigenvalue weighted by Crippen LogP contribution is 2.21. The molecule has 21 heavy (non-hydrogen) atoms. The number of hydrogen-bond donors (Lipinski definition) is 2. The summed E-state index contributed by atoms with van der Waals surface area (Å²) in [7, 11) is 2.14. The summed E-state index contributed by atoms with van der Waals surface area (Å²) in [6.45, 7) is 1.57. The molecule has 0 unspecified atom stereocenters. The zero-order valence-electron chi connectivity index (χ0n) is 12.9. The molecule has 0 bridgehead atoms. The smallest absolute Gasteiger partial charge is 0.237 e. The molecule has 1 aromatic carbocycles. The van der Waals surface area contributed by atoms with Gasteiger partial charge in [0.25, 0.3) is 0 Å². The summed E-state index contributed by atoms with van der Waals surface area (Å²) in [5, 5.41) is 2.95. The van der Waals surface area contributed by atoms with Crippen molar-refractivity contribution in [1.82, 2.24) is 10.2 Å². The molecule has 2 rings (SSSR count). The Morgan fingerprint density at radius 2 is 2.00 bits per heavy atom. The average Bonchev–Trinajstić information content (AvgIpc) is 3.02. The van der Waals surface area contributed by atoms with Crippen molar-refractivity contribution in [3.63, 3.8) is 0 Å². The molecular formula is C17H27N3O. The fraction of sp³-hybridized carbons (Fsp3) is 0.588. The van der Waals surface area contributed by atoms with Crippen molar-refractivity contribution in [2.24, 2.45) is 5.73 Å². The van der Waals surface area contributed by atoms with Crippen molar-refractivity contribution in [3.05, 3.63) is 35.9 Å². The maximum absolute atomic E-state index is 12.0. The predicted molar refractivity (Wildman–Crippen MR) is 86.0 cm³/mol. The molecule has 116 valence electrons. The Morgan fingerprint density at radius 3 is 2.67 bits per heavy atom. The first kappa shape index (κ1) is 16.0. The van der Waals surface area contributed by atoms with Crippen LogP contribution in [0.4, 0.5) is 0 Å². The lowest BCUT2D eigenvalue weighted by atomic mass is 10.1. The summed E-state index contributed by atoms with van der Waals surface area (Å²) in [6.07, 6.45) is 5.84. The zero-order chi connectivity index (χ0) is 15.1. The van der Waals surface area contributed by atoms with Gasteiger partial charge < -0.3 is 16.0 Å². The second-order valence-electron chi connectivity index (χ2n) is 6.01. The maximum atomic E-state index is 12.0. The summed E-state index contributed by atoms with van der Waals surface area (Å²) < 4.78 is 0. The average molecular weight is 289 g/mol. The third kappa shape index (κ3) is 5.14. The largest absolute Gasteiger partial charge is 0.353 e. The molecule has 1 aromatic rings. The highest BCUT2D eigenvalue weighted by Gasteiger charge is 2.19. The summed E-state index contributed by atoms with van der Waals surface area (Å²) >= 11 is 0. The lowest BCUT2D eigenvalue weighted by Gasteiger charge is -2.24. The number of carbonyl (C=O) groups is 1. The minimum Gasteiger partial charge on any atom is -0.353 e. The molecule has 0 spiro atoms. The van der Waals surface area contributed by atoms with Gasteiger partial charge in [0.05, 0.1) is 6.04 Å². The predicted octanol–water partition coefficient (Wildman–Crippen LogP) is 1.55. The summed E-state index contributed by atoms with van der Waals surface area (Å²) in [5.74, 6) is -0.0568. The van der Waals surface area contributed by atoms with E-state index in [1.807, 2.05) is 30.3 Å². The Bertz CT molecular complexity index is 429. The first-order valence-electron chi connectivity index (χ1n) is 7.94. The summed E-state index contributed by atoms with van der Waals surface area (Å²) in [4.78, 5) is 14.4. The van der Waals surface area contributed by atoms with E-state index >= 15 is 0 Å². The van der Waals surface area contributed by atoms with Gasteiger partial charge >= 0.3 is 0 Å². The maximum Gasteiger partial charge on any atom is 0.237 e. The topological polar surface area (TPSA) is 58.4 Å². The molecule has 1 amide bonds. The number of rotatable bonds is 7. The summed E-state index contributed by atoms with van der Waals surface area (Å²) in [6, 6.07) is 10.1. The molecule has 1 saturated carbocycles. The molecule has 3 N–H and O–H groups in total. The summed E-state index contributed by atoms with van der Waals surface area (Å²) in [5.41, 5.74) is 7.06. The first-order chi connectivity index (χ1) is 10.2. The number of carbonyl (C=O) groups excluding carboxylic acids is 1. The van der Waals surface area contributed by atoms with E-state index in [4.69, 9.17) is 5.73 Å². The van der Waals surface area contributed by atoms with Crippen LogP contribution in [0.25, 0.3) is 0 Å². The minimum atomic E-state index is -0.468. The number of likely N-dealkylation sites (N-methyl/N-ethyl adjacent to an activating group) is 1. The molecule has 0 aliphatic heterocycles. The normalized spacial score (nSPS) is 17.1. The van der Waals surface area contributed by atoms with Gasteiger partial charge in [-0.2, -0.15) is 0 Å². The van der Waals surface area contributed by atoms with Crippen LogP contribution in [0.2, 0.25) is 0 Å². The molecule has 0 radical (unpaired) electrons. The molecule has 1 aliphatic rings. The van der Waals surface area contributed by atoms with Gasteiger partial charge in [0.2, 0.25) is 5.91 Å². The van der Waals surface area contributed by atoms with Gasteiger partial charge in [-0.25, -0.2) is 0 Å². The van der Waals surface area contributed by atoms with Gasteiger partial charge in [-0.1, -0.05) is 43.2 Å². The highest BCUT2D eigenvalue weighted by molar-refractivity contribution is 5.81. The highest BCUT2D eigenvalue weighted by atomic mass is 16.2. The van der Waals surface area contributed by atoms with E-state index < -0.39 is 6.04 Å². The van der Waals surface area contributed by atoms with Crippen molar-refractivity contribution in [1.29, 1.82) is 0 Å². The molecule has 0 aromatic heterocycles. The van der Waals surface area contributed by atoms with Crippen LogP contribution in [0, 0.1) is 0 Å². The molecule has 1 aliphatic carbocycles. The van der Waals surface area contributed by atoms with E-state index in [-0.39, 0.29) is 5.91 Å². The van der Waals surface area contributed by atoms with E-state index in [1.54, 1.807) is 0 Å². The van der Waals surface area contributed by atoms with Crippen molar-refractivity contribution < 1.29 is 4.79 Å². The van der Waals surface area contributed by atoms with Crippen molar-refractivity contribution in [2.45, 2.75) is 44.2 Å². The molecule has 1 atom stereocenters. The molecular weight excluding hydrogens is 262 g/mol. The van der Waals surface area contributed by atoms with Gasteiger partial charge in [-0.15, -0.1) is 0 Å². The fourth-order valence-electron chi connectivity index (χ4n) is 2.97. The van der Waals surface area contributed by atoms with Crippen LogP contribution in [-0.2, 0) is 11.2 Å². The number of nitrogens with zero attached hydrogens (tertiary/aromatic N) is 1. The number of amides is 1. The van der Waals surface area contributed by atoms with Gasteiger partial charge in [-0.3, -0.25) is 4.79 Å². The fourth-order valence-corrected chi connectivity index (χ4v) is 2.97. The monoisotopic (exact) mass is 289 g/mol. The van der Waals surface area contributed by atoms with Crippen molar-refractivity contribution in [3.8, 4) is 0 Å². The lowest BCUT2D eigenvalue weighted by molar-refractivity contribution is -0.122. The van der Waals surface area contributed by atoms with Crippen molar-refractivity contribution >= 4 is 5.91 Å². The third-order valence-electron chi connectivity index (χ3n) is 4.35. The van der Waals surface area contributed by atoms with Crippen LogP contribution in [0.15, 0.2) is 30.3 Å². The van der Waals surface area contributed by atoms with E-state index in [0.717, 1.165) is 12.1 Å². The Morgan fingerprint density at radius 1 is 1.33 bits per heavy atom. The molecule has 4 heteroatoms. The van der Waals surface area contributed by atoms with Crippen molar-refractivity contribution in [2.75, 3.05) is 20.1 Å². The SMILES string of the molecule is CN(CCNC(=O)[C@H](N)Cc1ccccc1)C1CCCC1. The molecule has 4 nitrogen and oxygen atoms in total. The number of nitrogens with two attached hydrogens (primary N) is 1. The standard InChI is InChI=1S/C17H27N3O/c1-20(15-9-5-6-10-15)12-11-19-17(21)16(18)13-14-7-3-2-4-8-14/h2-4,7-8,15-16H,5-6,9-13,18H2,1H3,(H,19,21)/t16-/m1/s1. The third-order valence-corrected chi connectivity index (χ3v) is 4.35. The lowest BCUT2D eigenvalue weighted by Crippen LogP contribution is -2.45. The van der Waals surface area contributed by atoms with Gasteiger partial charge in [0.1, 0.15) is 0 Å². The van der Waals surface area contributed by atoms with Gasteiger partial charge in [0.15, 0.2) is 0 Å². The van der Waals surface area contributed by atoms with E-state index in [0.29, 0.717) is 19.0 Å². The zero-order valence-corrected chi connectivity index (χ0v) is 12.9. The van der Waals surface area contributed by atoms with E-state index in [9.17, 15) is 4.79 Å². The van der Waals surface area contributed by atoms with Crippen LogP contribution in [0.3, 0.4) is 0 Å². The molecule has 0 heterocycles. The number of hydrogen-bond acceptors (Lipinski definition) is 3. The Hall–Kier alpha value is -1.39. The van der Waals surface area contributed by atoms with E-state index in [2.05, 4.69) is 17.3 Å². The second-order valence-corrected chi connectivity index (χ2v) is 6.01. The van der Waals surface area contributed by atoms with Gasteiger partial charge in [0, 0.05) is 19.1 Å². The molecule has 0 saturated heterocycles. The minimum absolute atomic E-state index is 0.0568. The van der Waals surface area contributed by atoms with Crippen LogP contribution >= 0.6 is 0 Å². The number of benzene rings is 1.